The molecule has 1 saturated carbocycles. The van der Waals surface area contributed by atoms with Crippen molar-refractivity contribution in [3.63, 3.8) is 0 Å². The number of rotatable bonds is 5. The van der Waals surface area contributed by atoms with Gasteiger partial charge in [-0.25, -0.2) is 4.98 Å². The van der Waals surface area contributed by atoms with Crippen molar-refractivity contribution in [1.29, 1.82) is 0 Å². The van der Waals surface area contributed by atoms with E-state index < -0.39 is 0 Å². The van der Waals surface area contributed by atoms with E-state index in [4.69, 9.17) is 4.74 Å². The Balaban J connectivity index is 1.22. The zero-order valence-corrected chi connectivity index (χ0v) is 17.2. The second-order valence-corrected chi connectivity index (χ2v) is 8.17. The van der Waals surface area contributed by atoms with Gasteiger partial charge >= 0.3 is 0 Å². The third-order valence-corrected chi connectivity index (χ3v) is 5.81. The van der Waals surface area contributed by atoms with Gasteiger partial charge in [-0.3, -0.25) is 9.59 Å². The monoisotopic (exact) mass is 424 g/mol. The molecule has 7 nitrogen and oxygen atoms in total. The molecule has 2 aliphatic rings. The van der Waals surface area contributed by atoms with Gasteiger partial charge in [0.05, 0.1) is 18.9 Å². The first-order valence-corrected chi connectivity index (χ1v) is 10.6. The van der Waals surface area contributed by atoms with E-state index in [9.17, 15) is 9.59 Å². The maximum Gasteiger partial charge on any atom is 0.258 e. The van der Waals surface area contributed by atoms with Gasteiger partial charge in [-0.1, -0.05) is 24.3 Å². The SMILES string of the molecule is O=C(Nc1cn2cc(Oc3cccc(N4Cc5ccccc5C4=O)c3)ccc2n1)C1CC1. The highest BCUT2D eigenvalue weighted by molar-refractivity contribution is 6.10. The fraction of sp³-hybridized carbons (Fsp3) is 0.160. The number of carbonyl (C=O) groups excluding carboxylic acids is 2. The summed E-state index contributed by atoms with van der Waals surface area (Å²) in [5, 5.41) is 2.86. The van der Waals surface area contributed by atoms with E-state index in [1.54, 1.807) is 11.1 Å². The van der Waals surface area contributed by atoms with Crippen LogP contribution in [0, 0.1) is 5.92 Å². The molecular weight excluding hydrogens is 404 g/mol. The summed E-state index contributed by atoms with van der Waals surface area (Å²) < 4.78 is 7.89. The van der Waals surface area contributed by atoms with Gasteiger partial charge in [-0.05, 0) is 48.7 Å². The Morgan fingerprint density at radius 1 is 1.00 bits per heavy atom. The minimum absolute atomic E-state index is 0.00152. The predicted molar refractivity (Wildman–Crippen MR) is 120 cm³/mol. The molecule has 7 heteroatoms. The zero-order valence-electron chi connectivity index (χ0n) is 17.2. The van der Waals surface area contributed by atoms with Crippen molar-refractivity contribution in [3.05, 3.63) is 84.2 Å². The number of ether oxygens (including phenoxy) is 1. The number of anilines is 2. The van der Waals surface area contributed by atoms with Crippen LogP contribution < -0.4 is 15.0 Å². The van der Waals surface area contributed by atoms with Gasteiger partial charge in [0.25, 0.3) is 5.91 Å². The largest absolute Gasteiger partial charge is 0.456 e. The Morgan fingerprint density at radius 3 is 2.72 bits per heavy atom. The van der Waals surface area contributed by atoms with Crippen molar-refractivity contribution < 1.29 is 14.3 Å². The average Bonchev–Trinajstić information content (AvgIpc) is 3.50. The summed E-state index contributed by atoms with van der Waals surface area (Å²) in [6.45, 7) is 0.550. The number of aromatic nitrogens is 2. The van der Waals surface area contributed by atoms with Crippen molar-refractivity contribution in [1.82, 2.24) is 9.38 Å². The van der Waals surface area contributed by atoms with Gasteiger partial charge < -0.3 is 19.4 Å². The number of hydrogen-bond donors (Lipinski definition) is 1. The number of hydrogen-bond acceptors (Lipinski definition) is 4. The van der Waals surface area contributed by atoms with Crippen LogP contribution in [-0.4, -0.2) is 21.2 Å². The van der Waals surface area contributed by atoms with Crippen LogP contribution in [0.2, 0.25) is 0 Å². The van der Waals surface area contributed by atoms with Crippen LogP contribution >= 0.6 is 0 Å². The molecule has 3 heterocycles. The molecule has 2 amide bonds. The summed E-state index contributed by atoms with van der Waals surface area (Å²) >= 11 is 0. The number of pyridine rings is 1. The molecule has 2 aromatic heterocycles. The highest BCUT2D eigenvalue weighted by Crippen LogP contribution is 2.32. The van der Waals surface area contributed by atoms with E-state index >= 15 is 0 Å². The molecule has 32 heavy (non-hydrogen) atoms. The quantitative estimate of drug-likeness (QED) is 0.507. The van der Waals surface area contributed by atoms with Crippen molar-refractivity contribution in [2.75, 3.05) is 10.2 Å². The Kier molecular flexibility index (Phi) is 4.21. The normalized spacial score (nSPS) is 15.1. The average molecular weight is 424 g/mol. The fourth-order valence-electron chi connectivity index (χ4n) is 3.98. The number of amides is 2. The molecule has 158 valence electrons. The third kappa shape index (κ3) is 3.37. The molecule has 0 radical (unpaired) electrons. The molecule has 1 aliphatic heterocycles. The Labute approximate surface area is 184 Å². The van der Waals surface area contributed by atoms with Crippen LogP contribution in [0.15, 0.2) is 73.1 Å². The maximum atomic E-state index is 12.8. The summed E-state index contributed by atoms with van der Waals surface area (Å²) in [6, 6.07) is 18.9. The molecule has 0 bridgehead atoms. The first-order chi connectivity index (χ1) is 15.6. The first kappa shape index (κ1) is 18.6. The smallest absolute Gasteiger partial charge is 0.258 e. The Bertz CT molecular complexity index is 1370. The van der Waals surface area contributed by atoms with Crippen LogP contribution in [0.4, 0.5) is 11.5 Å². The summed E-state index contributed by atoms with van der Waals surface area (Å²) in [4.78, 5) is 31.0. The molecule has 2 aromatic carbocycles. The second-order valence-electron chi connectivity index (χ2n) is 8.17. The molecule has 1 N–H and O–H groups in total. The van der Waals surface area contributed by atoms with Crippen LogP contribution in [0.1, 0.15) is 28.8 Å². The number of benzene rings is 2. The van der Waals surface area contributed by atoms with Gasteiger partial charge in [0.1, 0.15) is 17.1 Å². The van der Waals surface area contributed by atoms with Gasteiger partial charge in [0.15, 0.2) is 5.82 Å². The Hall–Kier alpha value is -4.13. The molecule has 0 atom stereocenters. The zero-order chi connectivity index (χ0) is 21.7. The van der Waals surface area contributed by atoms with E-state index in [1.165, 1.54) is 0 Å². The summed E-state index contributed by atoms with van der Waals surface area (Å²) in [7, 11) is 0. The maximum absolute atomic E-state index is 12.8. The van der Waals surface area contributed by atoms with Gasteiger partial charge in [0, 0.05) is 23.2 Å². The lowest BCUT2D eigenvalue weighted by Gasteiger charge is -2.17. The Morgan fingerprint density at radius 2 is 1.88 bits per heavy atom. The third-order valence-electron chi connectivity index (χ3n) is 5.81. The number of imidazole rings is 1. The van der Waals surface area contributed by atoms with Gasteiger partial charge in [-0.2, -0.15) is 0 Å². The summed E-state index contributed by atoms with van der Waals surface area (Å²) in [5.41, 5.74) is 3.28. The number of fused-ring (bicyclic) bond motifs is 2. The minimum atomic E-state index is -0.00152. The standard InChI is InChI=1S/C25H20N4O3/c30-24(16-8-9-16)27-22-15-28-14-20(10-11-23(28)26-22)32-19-6-3-5-18(12-19)29-13-17-4-1-2-7-21(17)25(29)31/h1-7,10-12,14-16H,8-9,13H2,(H,27,30). The molecule has 0 unspecified atom stereocenters. The fourth-order valence-corrected chi connectivity index (χ4v) is 3.98. The van der Waals surface area contributed by atoms with Crippen molar-refractivity contribution in [2.45, 2.75) is 19.4 Å². The highest BCUT2D eigenvalue weighted by atomic mass is 16.5. The lowest BCUT2D eigenvalue weighted by molar-refractivity contribution is -0.117. The molecule has 4 aromatic rings. The van der Waals surface area contributed by atoms with Crippen LogP contribution in [-0.2, 0) is 11.3 Å². The summed E-state index contributed by atoms with van der Waals surface area (Å²) in [6.07, 6.45) is 5.49. The lowest BCUT2D eigenvalue weighted by atomic mass is 10.1. The second kappa shape index (κ2) is 7.23. The minimum Gasteiger partial charge on any atom is -0.456 e. The van der Waals surface area contributed by atoms with E-state index in [0.717, 1.165) is 35.3 Å². The van der Waals surface area contributed by atoms with Crippen molar-refractivity contribution in [3.8, 4) is 11.5 Å². The number of nitrogens with one attached hydrogen (secondary N) is 1. The topological polar surface area (TPSA) is 75.9 Å². The predicted octanol–water partition coefficient (Wildman–Crippen LogP) is 4.64. The number of nitrogens with zero attached hydrogens (tertiary/aromatic N) is 3. The first-order valence-electron chi connectivity index (χ1n) is 10.6. The molecule has 0 spiro atoms. The van der Waals surface area contributed by atoms with Gasteiger partial charge in [-0.15, -0.1) is 0 Å². The van der Waals surface area contributed by atoms with E-state index in [0.29, 0.717) is 23.9 Å². The number of carbonyl (C=O) groups is 2. The lowest BCUT2D eigenvalue weighted by Crippen LogP contribution is -2.22. The van der Waals surface area contributed by atoms with Gasteiger partial charge in [0.2, 0.25) is 5.91 Å². The molecule has 1 fully saturated rings. The van der Waals surface area contributed by atoms with E-state index in [1.807, 2.05) is 71.3 Å². The van der Waals surface area contributed by atoms with Crippen molar-refractivity contribution in [2.24, 2.45) is 5.92 Å². The molecular formula is C25H20N4O3. The molecule has 6 rings (SSSR count). The van der Waals surface area contributed by atoms with Crippen LogP contribution in [0.5, 0.6) is 11.5 Å². The van der Waals surface area contributed by atoms with Crippen LogP contribution in [0.3, 0.4) is 0 Å². The van der Waals surface area contributed by atoms with Crippen LogP contribution in [0.25, 0.3) is 5.65 Å². The van der Waals surface area contributed by atoms with E-state index in [2.05, 4.69) is 10.3 Å². The highest BCUT2D eigenvalue weighted by Gasteiger charge is 2.30. The van der Waals surface area contributed by atoms with Crippen molar-refractivity contribution >= 4 is 29.0 Å². The molecule has 0 saturated heterocycles. The molecule has 1 aliphatic carbocycles. The van der Waals surface area contributed by atoms with E-state index in [-0.39, 0.29) is 17.7 Å². The summed E-state index contributed by atoms with van der Waals surface area (Å²) in [5.74, 6) is 1.95.